The molecule has 18 heavy (non-hydrogen) atoms. The normalized spacial score (nSPS) is 10.0. The van der Waals surface area contributed by atoms with Gasteiger partial charge in [-0.1, -0.05) is 30.3 Å². The van der Waals surface area contributed by atoms with Crippen LogP contribution in [0.2, 0.25) is 0 Å². The molecule has 0 bridgehead atoms. The van der Waals surface area contributed by atoms with Gasteiger partial charge >= 0.3 is 5.97 Å². The molecule has 0 aliphatic rings. The Bertz CT molecular complexity index is 552. The molecule has 2 rings (SSSR count). The number of hydrogen-bond donors (Lipinski definition) is 2. The third kappa shape index (κ3) is 2.79. The number of benzene rings is 2. The SMILES string of the molecule is Nc1ccc(C(=O)OCc2ccccc2)cc1O. The summed E-state index contributed by atoms with van der Waals surface area (Å²) in [7, 11) is 0. The van der Waals surface area contributed by atoms with Crippen LogP contribution in [-0.2, 0) is 11.3 Å². The van der Waals surface area contributed by atoms with E-state index in [0.717, 1.165) is 5.56 Å². The minimum Gasteiger partial charge on any atom is -0.506 e. The van der Waals surface area contributed by atoms with Crippen LogP contribution in [-0.4, -0.2) is 11.1 Å². The van der Waals surface area contributed by atoms with Gasteiger partial charge < -0.3 is 15.6 Å². The van der Waals surface area contributed by atoms with Crippen molar-refractivity contribution >= 4 is 11.7 Å². The van der Waals surface area contributed by atoms with Crippen LogP contribution < -0.4 is 5.73 Å². The van der Waals surface area contributed by atoms with Crippen molar-refractivity contribution in [1.82, 2.24) is 0 Å². The van der Waals surface area contributed by atoms with E-state index >= 15 is 0 Å². The lowest BCUT2D eigenvalue weighted by Crippen LogP contribution is -2.05. The third-order valence-electron chi connectivity index (χ3n) is 2.48. The van der Waals surface area contributed by atoms with Crippen LogP contribution in [0.15, 0.2) is 48.5 Å². The summed E-state index contributed by atoms with van der Waals surface area (Å²) in [5.74, 6) is -0.613. The van der Waals surface area contributed by atoms with E-state index in [0.29, 0.717) is 0 Å². The summed E-state index contributed by atoms with van der Waals surface area (Å²) in [6.45, 7) is 0.199. The molecule has 0 fully saturated rings. The van der Waals surface area contributed by atoms with Gasteiger partial charge in [-0.25, -0.2) is 4.79 Å². The van der Waals surface area contributed by atoms with E-state index in [1.807, 2.05) is 30.3 Å². The average molecular weight is 243 g/mol. The zero-order valence-electron chi connectivity index (χ0n) is 9.67. The number of phenolic OH excluding ortho intramolecular Hbond substituents is 1. The van der Waals surface area contributed by atoms with Crippen LogP contribution in [0.25, 0.3) is 0 Å². The highest BCUT2D eigenvalue weighted by molar-refractivity contribution is 5.90. The van der Waals surface area contributed by atoms with Crippen molar-refractivity contribution in [2.24, 2.45) is 0 Å². The number of carbonyl (C=O) groups excluding carboxylic acids is 1. The number of nitrogens with two attached hydrogens (primary N) is 1. The van der Waals surface area contributed by atoms with Crippen molar-refractivity contribution in [2.75, 3.05) is 5.73 Å². The Morgan fingerprint density at radius 1 is 1.17 bits per heavy atom. The maximum absolute atomic E-state index is 11.7. The van der Waals surface area contributed by atoms with Gasteiger partial charge in [-0.15, -0.1) is 0 Å². The molecule has 0 unspecified atom stereocenters. The molecule has 0 saturated heterocycles. The lowest BCUT2D eigenvalue weighted by atomic mass is 10.2. The molecule has 4 nitrogen and oxygen atoms in total. The molecule has 0 saturated carbocycles. The quantitative estimate of drug-likeness (QED) is 0.493. The van der Waals surface area contributed by atoms with Crippen molar-refractivity contribution in [3.8, 4) is 5.75 Å². The third-order valence-corrected chi connectivity index (χ3v) is 2.48. The zero-order valence-corrected chi connectivity index (χ0v) is 9.67. The first kappa shape index (κ1) is 12.0. The minimum absolute atomic E-state index is 0.121. The molecule has 0 spiro atoms. The van der Waals surface area contributed by atoms with E-state index in [1.54, 1.807) is 0 Å². The number of carbonyl (C=O) groups is 1. The molecule has 0 aromatic heterocycles. The largest absolute Gasteiger partial charge is 0.506 e. The topological polar surface area (TPSA) is 72.6 Å². The molecule has 92 valence electrons. The summed E-state index contributed by atoms with van der Waals surface area (Å²) in [6, 6.07) is 13.7. The fraction of sp³-hybridized carbons (Fsp3) is 0.0714. The first-order chi connectivity index (χ1) is 8.66. The number of rotatable bonds is 3. The van der Waals surface area contributed by atoms with E-state index in [4.69, 9.17) is 10.5 Å². The van der Waals surface area contributed by atoms with E-state index in [2.05, 4.69) is 0 Å². The van der Waals surface area contributed by atoms with Crippen LogP contribution in [0.4, 0.5) is 5.69 Å². The van der Waals surface area contributed by atoms with Crippen molar-refractivity contribution in [1.29, 1.82) is 0 Å². The Morgan fingerprint density at radius 3 is 2.56 bits per heavy atom. The van der Waals surface area contributed by atoms with Gasteiger partial charge in [0.05, 0.1) is 11.3 Å². The van der Waals surface area contributed by atoms with Crippen LogP contribution >= 0.6 is 0 Å². The van der Waals surface area contributed by atoms with Gasteiger partial charge in [0.2, 0.25) is 0 Å². The van der Waals surface area contributed by atoms with Crippen LogP contribution in [0, 0.1) is 0 Å². The molecular formula is C14H13NO3. The Morgan fingerprint density at radius 2 is 1.89 bits per heavy atom. The number of esters is 1. The van der Waals surface area contributed by atoms with E-state index in [-0.39, 0.29) is 23.6 Å². The summed E-state index contributed by atoms with van der Waals surface area (Å²) in [4.78, 5) is 11.7. The molecule has 0 aliphatic carbocycles. The van der Waals surface area contributed by atoms with Gasteiger partial charge in [0.1, 0.15) is 12.4 Å². The Labute approximate surface area is 105 Å². The molecule has 0 radical (unpaired) electrons. The van der Waals surface area contributed by atoms with Crippen molar-refractivity contribution < 1.29 is 14.6 Å². The number of nitrogen functional groups attached to an aromatic ring is 1. The fourth-order valence-electron chi connectivity index (χ4n) is 1.48. The van der Waals surface area contributed by atoms with Gasteiger partial charge in [0.15, 0.2) is 0 Å². The fourth-order valence-corrected chi connectivity index (χ4v) is 1.48. The van der Waals surface area contributed by atoms with Crippen molar-refractivity contribution in [3.05, 3.63) is 59.7 Å². The molecule has 0 heterocycles. The van der Waals surface area contributed by atoms with Gasteiger partial charge in [0, 0.05) is 0 Å². The standard InChI is InChI=1S/C14H13NO3/c15-12-7-6-11(8-13(12)16)14(17)18-9-10-4-2-1-3-5-10/h1-8,16H,9,15H2. The maximum Gasteiger partial charge on any atom is 0.338 e. The predicted molar refractivity (Wildman–Crippen MR) is 68.1 cm³/mol. The highest BCUT2D eigenvalue weighted by Gasteiger charge is 2.09. The van der Waals surface area contributed by atoms with E-state index < -0.39 is 5.97 Å². The summed E-state index contributed by atoms with van der Waals surface area (Å²) >= 11 is 0. The monoisotopic (exact) mass is 243 g/mol. The second-order valence-electron chi connectivity index (χ2n) is 3.84. The summed E-state index contributed by atoms with van der Waals surface area (Å²) in [5, 5.41) is 9.40. The zero-order chi connectivity index (χ0) is 13.0. The highest BCUT2D eigenvalue weighted by atomic mass is 16.5. The molecular weight excluding hydrogens is 230 g/mol. The number of aromatic hydroxyl groups is 1. The summed E-state index contributed by atoms with van der Waals surface area (Å²) in [5.41, 5.74) is 6.87. The minimum atomic E-state index is -0.492. The molecule has 0 atom stereocenters. The summed E-state index contributed by atoms with van der Waals surface area (Å²) < 4.78 is 5.12. The summed E-state index contributed by atoms with van der Waals surface area (Å²) in [6.07, 6.45) is 0. The van der Waals surface area contributed by atoms with Crippen LogP contribution in [0.1, 0.15) is 15.9 Å². The second-order valence-corrected chi connectivity index (χ2v) is 3.84. The van der Waals surface area contributed by atoms with Gasteiger partial charge in [-0.3, -0.25) is 0 Å². The van der Waals surface area contributed by atoms with Gasteiger partial charge in [-0.05, 0) is 23.8 Å². The Balaban J connectivity index is 2.02. The van der Waals surface area contributed by atoms with Gasteiger partial charge in [-0.2, -0.15) is 0 Å². The molecule has 4 heteroatoms. The van der Waals surface area contributed by atoms with Crippen molar-refractivity contribution in [3.63, 3.8) is 0 Å². The Hall–Kier alpha value is -2.49. The lowest BCUT2D eigenvalue weighted by molar-refractivity contribution is 0.0472. The number of anilines is 1. The lowest BCUT2D eigenvalue weighted by Gasteiger charge is -2.06. The van der Waals surface area contributed by atoms with Crippen LogP contribution in [0.3, 0.4) is 0 Å². The first-order valence-corrected chi connectivity index (χ1v) is 5.46. The Kier molecular flexibility index (Phi) is 3.48. The molecule has 2 aromatic rings. The molecule has 2 aromatic carbocycles. The molecule has 0 aliphatic heterocycles. The predicted octanol–water partition coefficient (Wildman–Crippen LogP) is 2.33. The maximum atomic E-state index is 11.7. The smallest absolute Gasteiger partial charge is 0.338 e. The van der Waals surface area contributed by atoms with E-state index in [1.165, 1.54) is 18.2 Å². The average Bonchev–Trinajstić information content (AvgIpc) is 2.40. The van der Waals surface area contributed by atoms with Crippen LogP contribution in [0.5, 0.6) is 5.75 Å². The number of phenols is 1. The van der Waals surface area contributed by atoms with Crippen molar-refractivity contribution in [2.45, 2.75) is 6.61 Å². The number of ether oxygens (including phenoxy) is 1. The van der Waals surface area contributed by atoms with E-state index in [9.17, 15) is 9.90 Å². The first-order valence-electron chi connectivity index (χ1n) is 5.46. The highest BCUT2D eigenvalue weighted by Crippen LogP contribution is 2.21. The molecule has 0 amide bonds. The number of hydrogen-bond acceptors (Lipinski definition) is 4. The van der Waals surface area contributed by atoms with Gasteiger partial charge in [0.25, 0.3) is 0 Å². The second kappa shape index (κ2) is 5.23. The molecule has 3 N–H and O–H groups in total.